The number of hydrogen-bond donors (Lipinski definition) is 1. The molecule has 2 unspecified atom stereocenters. The molecule has 2 atom stereocenters. The van der Waals surface area contributed by atoms with Gasteiger partial charge < -0.3 is 19.5 Å². The Morgan fingerprint density at radius 3 is 2.58 bits per heavy atom. The summed E-state index contributed by atoms with van der Waals surface area (Å²) in [4.78, 5) is 14.1. The van der Waals surface area contributed by atoms with Crippen LogP contribution < -0.4 is 4.74 Å². The minimum atomic E-state index is -0.196. The first-order chi connectivity index (χ1) is 9.01. The molecule has 19 heavy (non-hydrogen) atoms. The molecule has 1 aliphatic rings. The van der Waals surface area contributed by atoms with Crippen molar-refractivity contribution in [3.8, 4) is 11.5 Å². The second kappa shape index (κ2) is 5.48. The summed E-state index contributed by atoms with van der Waals surface area (Å²) in [6, 6.07) is 4.65. The van der Waals surface area contributed by atoms with Crippen molar-refractivity contribution in [2.24, 2.45) is 0 Å². The zero-order valence-electron chi connectivity index (χ0n) is 11.4. The smallest absolute Gasteiger partial charge is 0.257 e. The molecule has 1 fully saturated rings. The van der Waals surface area contributed by atoms with Gasteiger partial charge in [-0.3, -0.25) is 4.79 Å². The second-order valence-electron chi connectivity index (χ2n) is 4.85. The molecule has 1 aromatic rings. The maximum absolute atomic E-state index is 12.4. The van der Waals surface area contributed by atoms with Crippen LogP contribution in [0.25, 0.3) is 0 Å². The first-order valence-electron chi connectivity index (χ1n) is 6.33. The molecule has 0 aromatic heterocycles. The van der Waals surface area contributed by atoms with Crippen molar-refractivity contribution in [3.05, 3.63) is 23.8 Å². The third-order valence-corrected chi connectivity index (χ3v) is 3.14. The minimum Gasteiger partial charge on any atom is -0.507 e. The quantitative estimate of drug-likeness (QED) is 0.883. The van der Waals surface area contributed by atoms with E-state index in [1.54, 1.807) is 17.0 Å². The molecule has 104 valence electrons. The Morgan fingerprint density at radius 2 is 2.00 bits per heavy atom. The van der Waals surface area contributed by atoms with E-state index in [2.05, 4.69) is 0 Å². The normalized spacial score (nSPS) is 23.2. The van der Waals surface area contributed by atoms with Crippen molar-refractivity contribution in [2.75, 3.05) is 20.2 Å². The van der Waals surface area contributed by atoms with E-state index >= 15 is 0 Å². The number of rotatable bonds is 2. The average molecular weight is 265 g/mol. The summed E-state index contributed by atoms with van der Waals surface area (Å²) >= 11 is 0. The van der Waals surface area contributed by atoms with Gasteiger partial charge in [0.1, 0.15) is 11.5 Å². The van der Waals surface area contributed by atoms with Gasteiger partial charge in [0.2, 0.25) is 0 Å². The lowest BCUT2D eigenvalue weighted by Crippen LogP contribution is -2.48. The lowest BCUT2D eigenvalue weighted by molar-refractivity contribution is -0.0586. The molecule has 1 amide bonds. The van der Waals surface area contributed by atoms with Gasteiger partial charge in [-0.1, -0.05) is 0 Å². The number of aromatic hydroxyl groups is 1. The fourth-order valence-electron chi connectivity index (χ4n) is 2.33. The number of benzene rings is 1. The van der Waals surface area contributed by atoms with Gasteiger partial charge in [-0.25, -0.2) is 0 Å². The van der Waals surface area contributed by atoms with Gasteiger partial charge in [0.25, 0.3) is 5.91 Å². The molecular weight excluding hydrogens is 246 g/mol. The number of phenolic OH excluding ortho intramolecular Hbond substituents is 1. The Morgan fingerprint density at radius 1 is 1.37 bits per heavy atom. The lowest BCUT2D eigenvalue weighted by Gasteiger charge is -2.35. The molecule has 1 saturated heterocycles. The minimum absolute atomic E-state index is 0.000417. The highest BCUT2D eigenvalue weighted by Crippen LogP contribution is 2.25. The first kappa shape index (κ1) is 13.7. The first-order valence-corrected chi connectivity index (χ1v) is 6.33. The molecule has 1 heterocycles. The van der Waals surface area contributed by atoms with Crippen molar-refractivity contribution in [1.82, 2.24) is 4.90 Å². The standard InChI is InChI=1S/C14H19NO4/c1-9-7-15(8-10(2)19-9)14(17)12-6-11(18-3)4-5-13(12)16/h4-6,9-10,16H,7-8H2,1-3H3. The fourth-order valence-corrected chi connectivity index (χ4v) is 2.33. The maximum Gasteiger partial charge on any atom is 0.257 e. The van der Waals surface area contributed by atoms with Crippen molar-refractivity contribution in [2.45, 2.75) is 26.1 Å². The van der Waals surface area contributed by atoms with Gasteiger partial charge in [-0.05, 0) is 32.0 Å². The molecule has 0 radical (unpaired) electrons. The number of nitrogens with zero attached hydrogens (tertiary/aromatic N) is 1. The Hall–Kier alpha value is -1.75. The van der Waals surface area contributed by atoms with Gasteiger partial charge in [0, 0.05) is 13.1 Å². The lowest BCUT2D eigenvalue weighted by atomic mass is 10.1. The van der Waals surface area contributed by atoms with Crippen LogP contribution in [0.3, 0.4) is 0 Å². The van der Waals surface area contributed by atoms with E-state index in [4.69, 9.17) is 9.47 Å². The average Bonchev–Trinajstić information content (AvgIpc) is 2.37. The Bertz CT molecular complexity index is 465. The number of phenols is 1. The number of carbonyl (C=O) groups excluding carboxylic acids is 1. The summed E-state index contributed by atoms with van der Waals surface area (Å²) in [5, 5.41) is 9.83. The molecule has 5 heteroatoms. The predicted molar refractivity (Wildman–Crippen MR) is 70.6 cm³/mol. The second-order valence-corrected chi connectivity index (χ2v) is 4.85. The van der Waals surface area contributed by atoms with Crippen molar-refractivity contribution < 1.29 is 19.4 Å². The van der Waals surface area contributed by atoms with Gasteiger partial charge in [0.05, 0.1) is 24.9 Å². The molecule has 0 bridgehead atoms. The predicted octanol–water partition coefficient (Wildman–Crippen LogP) is 1.65. The summed E-state index contributed by atoms with van der Waals surface area (Å²) in [5.74, 6) is 0.325. The van der Waals surface area contributed by atoms with E-state index in [-0.39, 0.29) is 29.4 Å². The molecule has 0 spiro atoms. The Balaban J connectivity index is 2.23. The van der Waals surface area contributed by atoms with E-state index in [1.807, 2.05) is 13.8 Å². The maximum atomic E-state index is 12.4. The highest BCUT2D eigenvalue weighted by Gasteiger charge is 2.28. The monoisotopic (exact) mass is 265 g/mol. The van der Waals surface area contributed by atoms with Gasteiger partial charge in [-0.15, -0.1) is 0 Å². The SMILES string of the molecule is COc1ccc(O)c(C(=O)N2CC(C)OC(C)C2)c1. The van der Waals surface area contributed by atoms with Gasteiger partial charge in [0.15, 0.2) is 0 Å². The van der Waals surface area contributed by atoms with E-state index in [0.717, 1.165) is 0 Å². The van der Waals surface area contributed by atoms with Crippen LogP contribution in [0.15, 0.2) is 18.2 Å². The Kier molecular flexibility index (Phi) is 3.95. The number of morpholine rings is 1. The summed E-state index contributed by atoms with van der Waals surface area (Å²) in [5.41, 5.74) is 0.264. The summed E-state index contributed by atoms with van der Waals surface area (Å²) in [6.45, 7) is 4.92. The number of carbonyl (C=O) groups is 1. The van der Waals surface area contributed by atoms with Gasteiger partial charge >= 0.3 is 0 Å². The van der Waals surface area contributed by atoms with Crippen LogP contribution in [0.2, 0.25) is 0 Å². The molecule has 1 N–H and O–H groups in total. The molecule has 1 aromatic carbocycles. The van der Waals surface area contributed by atoms with Crippen LogP contribution >= 0.6 is 0 Å². The Labute approximate surface area is 112 Å². The van der Waals surface area contributed by atoms with E-state index in [0.29, 0.717) is 18.8 Å². The zero-order chi connectivity index (χ0) is 14.0. The topological polar surface area (TPSA) is 59.0 Å². The van der Waals surface area contributed by atoms with E-state index in [1.165, 1.54) is 13.2 Å². The number of hydrogen-bond acceptors (Lipinski definition) is 4. The van der Waals surface area contributed by atoms with Crippen LogP contribution in [0.5, 0.6) is 11.5 Å². The molecule has 0 saturated carbocycles. The number of ether oxygens (including phenoxy) is 2. The van der Waals surface area contributed by atoms with Crippen molar-refractivity contribution in [3.63, 3.8) is 0 Å². The molecular formula is C14H19NO4. The van der Waals surface area contributed by atoms with Crippen LogP contribution in [0.4, 0.5) is 0 Å². The van der Waals surface area contributed by atoms with Crippen LogP contribution in [-0.4, -0.2) is 48.3 Å². The van der Waals surface area contributed by atoms with Gasteiger partial charge in [-0.2, -0.15) is 0 Å². The third-order valence-electron chi connectivity index (χ3n) is 3.14. The molecule has 2 rings (SSSR count). The van der Waals surface area contributed by atoms with Crippen LogP contribution in [0, 0.1) is 0 Å². The van der Waals surface area contributed by atoms with Crippen molar-refractivity contribution >= 4 is 5.91 Å². The highest BCUT2D eigenvalue weighted by atomic mass is 16.5. The summed E-state index contributed by atoms with van der Waals surface area (Å²) in [7, 11) is 1.53. The third kappa shape index (κ3) is 2.98. The van der Waals surface area contributed by atoms with Crippen LogP contribution in [-0.2, 0) is 4.74 Å². The largest absolute Gasteiger partial charge is 0.507 e. The highest BCUT2D eigenvalue weighted by molar-refractivity contribution is 5.97. The number of methoxy groups -OCH3 is 1. The molecule has 0 aliphatic carbocycles. The summed E-state index contributed by atoms with van der Waals surface area (Å²) < 4.78 is 10.7. The fraction of sp³-hybridized carbons (Fsp3) is 0.500. The summed E-state index contributed by atoms with van der Waals surface area (Å²) in [6.07, 6.45) is 0.000835. The number of amides is 1. The van der Waals surface area contributed by atoms with Crippen molar-refractivity contribution in [1.29, 1.82) is 0 Å². The zero-order valence-corrected chi connectivity index (χ0v) is 11.4. The van der Waals surface area contributed by atoms with E-state index in [9.17, 15) is 9.90 Å². The molecule has 5 nitrogen and oxygen atoms in total. The molecule has 1 aliphatic heterocycles. The van der Waals surface area contributed by atoms with E-state index < -0.39 is 0 Å². The van der Waals surface area contributed by atoms with Crippen LogP contribution in [0.1, 0.15) is 24.2 Å².